The highest BCUT2D eigenvalue weighted by atomic mass is 14.7. The third-order valence-corrected chi connectivity index (χ3v) is 6.22. The molecule has 0 radical (unpaired) electrons. The standard InChI is InChI=1S/C28H34N4/c29-25-19-21(31-27-17-11-9-15-23(25)27)13-7-5-3-1-2-4-6-8-14-22-20-26(30)24-16-10-12-18-28(24)32-22/h9-12,15-20H,1-8,13-14H2,(H2,29,31)(H2,30,32). The third-order valence-electron chi connectivity index (χ3n) is 6.22. The van der Waals surface area contributed by atoms with Crippen molar-refractivity contribution in [2.24, 2.45) is 0 Å². The number of fused-ring (bicyclic) bond motifs is 2. The van der Waals surface area contributed by atoms with Crippen LogP contribution in [0.5, 0.6) is 0 Å². The molecule has 2 aromatic heterocycles. The van der Waals surface area contributed by atoms with E-state index in [-0.39, 0.29) is 0 Å². The molecule has 0 fully saturated rings. The lowest BCUT2D eigenvalue weighted by molar-refractivity contribution is 0.565. The van der Waals surface area contributed by atoms with Crippen molar-refractivity contribution in [3.63, 3.8) is 0 Å². The second kappa shape index (κ2) is 10.9. The first-order valence-corrected chi connectivity index (χ1v) is 12.0. The van der Waals surface area contributed by atoms with Crippen LogP contribution >= 0.6 is 0 Å². The average molecular weight is 427 g/mol. The Morgan fingerprint density at radius 2 is 0.875 bits per heavy atom. The van der Waals surface area contributed by atoms with Crippen LogP contribution in [-0.2, 0) is 12.8 Å². The highest BCUT2D eigenvalue weighted by Gasteiger charge is 2.04. The summed E-state index contributed by atoms with van der Waals surface area (Å²) in [4.78, 5) is 9.52. The number of hydrogen-bond donors (Lipinski definition) is 2. The molecule has 4 nitrogen and oxygen atoms in total. The van der Waals surface area contributed by atoms with Crippen LogP contribution in [0.2, 0.25) is 0 Å². The molecule has 0 atom stereocenters. The van der Waals surface area contributed by atoms with Gasteiger partial charge in [0.2, 0.25) is 0 Å². The van der Waals surface area contributed by atoms with E-state index in [1.807, 2.05) is 60.7 Å². The van der Waals surface area contributed by atoms with Gasteiger partial charge >= 0.3 is 0 Å². The van der Waals surface area contributed by atoms with Crippen LogP contribution in [-0.4, -0.2) is 9.97 Å². The lowest BCUT2D eigenvalue weighted by Crippen LogP contribution is -1.96. The Morgan fingerprint density at radius 1 is 0.500 bits per heavy atom. The summed E-state index contributed by atoms with van der Waals surface area (Å²) >= 11 is 0. The van der Waals surface area contributed by atoms with E-state index in [1.165, 1.54) is 51.4 Å². The van der Waals surface area contributed by atoms with Gasteiger partial charge in [-0.15, -0.1) is 0 Å². The van der Waals surface area contributed by atoms with Gasteiger partial charge in [-0.1, -0.05) is 74.9 Å². The second-order valence-corrected chi connectivity index (χ2v) is 8.77. The van der Waals surface area contributed by atoms with E-state index >= 15 is 0 Å². The number of hydrogen-bond acceptors (Lipinski definition) is 4. The van der Waals surface area contributed by atoms with Gasteiger partial charge in [0.05, 0.1) is 11.0 Å². The van der Waals surface area contributed by atoms with Gasteiger partial charge in [-0.25, -0.2) is 0 Å². The fourth-order valence-corrected chi connectivity index (χ4v) is 4.45. The van der Waals surface area contributed by atoms with E-state index in [1.54, 1.807) is 0 Å². The van der Waals surface area contributed by atoms with Gasteiger partial charge in [-0.2, -0.15) is 0 Å². The smallest absolute Gasteiger partial charge is 0.0725 e. The molecule has 32 heavy (non-hydrogen) atoms. The average Bonchev–Trinajstić information content (AvgIpc) is 2.80. The maximum Gasteiger partial charge on any atom is 0.0725 e. The first-order chi connectivity index (χ1) is 15.7. The molecule has 0 saturated carbocycles. The number of rotatable bonds is 11. The number of unbranched alkanes of at least 4 members (excludes halogenated alkanes) is 7. The highest BCUT2D eigenvalue weighted by Crippen LogP contribution is 2.22. The van der Waals surface area contributed by atoms with Gasteiger partial charge in [-0.3, -0.25) is 9.97 Å². The van der Waals surface area contributed by atoms with Crippen molar-refractivity contribution in [3.8, 4) is 0 Å². The minimum atomic E-state index is 0.840. The molecule has 0 unspecified atom stereocenters. The van der Waals surface area contributed by atoms with Gasteiger partial charge < -0.3 is 11.5 Å². The fraction of sp³-hybridized carbons (Fsp3) is 0.357. The Balaban J connectivity index is 1.08. The number of nitrogens with zero attached hydrogens (tertiary/aromatic N) is 2. The van der Waals surface area contributed by atoms with Crippen LogP contribution in [0.25, 0.3) is 21.8 Å². The topological polar surface area (TPSA) is 77.8 Å². The zero-order chi connectivity index (χ0) is 22.2. The Labute approximate surface area is 191 Å². The Hall–Kier alpha value is -3.14. The van der Waals surface area contributed by atoms with Gasteiger partial charge in [0, 0.05) is 33.5 Å². The molecule has 2 heterocycles. The highest BCUT2D eigenvalue weighted by molar-refractivity contribution is 5.90. The number of benzene rings is 2. The van der Waals surface area contributed by atoms with Crippen molar-refractivity contribution in [2.45, 2.75) is 64.2 Å². The summed E-state index contributed by atoms with van der Waals surface area (Å²) in [6.45, 7) is 0. The van der Waals surface area contributed by atoms with E-state index < -0.39 is 0 Å². The number of aromatic nitrogens is 2. The Kier molecular flexibility index (Phi) is 7.55. The van der Waals surface area contributed by atoms with Crippen molar-refractivity contribution in [3.05, 3.63) is 72.1 Å². The van der Waals surface area contributed by atoms with E-state index in [9.17, 15) is 0 Å². The van der Waals surface area contributed by atoms with Crippen molar-refractivity contribution >= 4 is 33.2 Å². The van der Waals surface area contributed by atoms with Crippen molar-refractivity contribution in [1.29, 1.82) is 0 Å². The second-order valence-electron chi connectivity index (χ2n) is 8.77. The SMILES string of the molecule is Nc1cc(CCCCCCCCCCc2cc(N)c3ccccc3n2)nc2ccccc12. The molecule has 4 rings (SSSR count). The summed E-state index contributed by atoms with van der Waals surface area (Å²) in [6.07, 6.45) is 12.1. The quantitative estimate of drug-likeness (QED) is 0.257. The van der Waals surface area contributed by atoms with E-state index in [2.05, 4.69) is 0 Å². The molecule has 0 bridgehead atoms. The number of para-hydroxylation sites is 2. The molecule has 0 aliphatic heterocycles. The molecule has 166 valence electrons. The minimum absolute atomic E-state index is 0.840. The van der Waals surface area contributed by atoms with Gasteiger partial charge in [-0.05, 0) is 49.9 Å². The molecule has 0 spiro atoms. The van der Waals surface area contributed by atoms with Crippen LogP contribution in [0.1, 0.15) is 62.8 Å². The first kappa shape index (κ1) is 22.1. The summed E-state index contributed by atoms with van der Waals surface area (Å²) in [5.74, 6) is 0. The zero-order valence-electron chi connectivity index (χ0n) is 18.9. The van der Waals surface area contributed by atoms with Crippen molar-refractivity contribution in [1.82, 2.24) is 9.97 Å². The molecule has 4 aromatic rings. The predicted octanol–water partition coefficient (Wildman–Crippen LogP) is 6.85. The van der Waals surface area contributed by atoms with E-state index in [0.717, 1.165) is 57.4 Å². The molecule has 4 N–H and O–H groups in total. The largest absolute Gasteiger partial charge is 0.398 e. The summed E-state index contributed by atoms with van der Waals surface area (Å²) in [5, 5.41) is 2.10. The van der Waals surface area contributed by atoms with Gasteiger partial charge in [0.15, 0.2) is 0 Å². The van der Waals surface area contributed by atoms with E-state index in [0.29, 0.717) is 0 Å². The lowest BCUT2D eigenvalue weighted by Gasteiger charge is -2.07. The summed E-state index contributed by atoms with van der Waals surface area (Å²) < 4.78 is 0. The monoisotopic (exact) mass is 426 g/mol. The minimum Gasteiger partial charge on any atom is -0.398 e. The van der Waals surface area contributed by atoms with E-state index in [4.69, 9.17) is 21.4 Å². The van der Waals surface area contributed by atoms with Crippen LogP contribution in [0.4, 0.5) is 11.4 Å². The zero-order valence-corrected chi connectivity index (χ0v) is 18.9. The normalized spacial score (nSPS) is 11.4. The van der Waals surface area contributed by atoms with Crippen LogP contribution in [0.15, 0.2) is 60.7 Å². The van der Waals surface area contributed by atoms with Crippen LogP contribution in [0.3, 0.4) is 0 Å². The Morgan fingerprint density at radius 3 is 1.31 bits per heavy atom. The first-order valence-electron chi connectivity index (χ1n) is 12.0. The van der Waals surface area contributed by atoms with Crippen molar-refractivity contribution < 1.29 is 0 Å². The number of nitrogens with two attached hydrogens (primary N) is 2. The van der Waals surface area contributed by atoms with Gasteiger partial charge in [0.1, 0.15) is 0 Å². The van der Waals surface area contributed by atoms with Gasteiger partial charge in [0.25, 0.3) is 0 Å². The molecule has 2 aromatic carbocycles. The number of nitrogen functional groups attached to an aromatic ring is 2. The maximum atomic E-state index is 6.19. The molecular formula is C28H34N4. The van der Waals surface area contributed by atoms with Crippen LogP contribution in [0, 0.1) is 0 Å². The predicted molar refractivity (Wildman–Crippen MR) is 137 cm³/mol. The third kappa shape index (κ3) is 5.76. The Bertz CT molecular complexity index is 1080. The molecule has 0 aliphatic carbocycles. The molecule has 0 amide bonds. The number of pyridine rings is 2. The lowest BCUT2D eigenvalue weighted by atomic mass is 10.0. The molecule has 4 heteroatoms. The molecule has 0 saturated heterocycles. The molecular weight excluding hydrogens is 392 g/mol. The van der Waals surface area contributed by atoms with Crippen molar-refractivity contribution in [2.75, 3.05) is 11.5 Å². The maximum absolute atomic E-state index is 6.19. The summed E-state index contributed by atoms with van der Waals surface area (Å²) in [6, 6.07) is 20.3. The fourth-order valence-electron chi connectivity index (χ4n) is 4.45. The summed E-state index contributed by atoms with van der Waals surface area (Å²) in [7, 11) is 0. The van der Waals surface area contributed by atoms with Crippen LogP contribution < -0.4 is 11.5 Å². The number of anilines is 2. The number of aryl methyl sites for hydroxylation is 2. The summed E-state index contributed by atoms with van der Waals surface area (Å²) in [5.41, 5.74) is 18.3. The molecule has 0 aliphatic rings.